The number of fused-ring (bicyclic) bond motifs is 1. The van der Waals surface area contributed by atoms with Gasteiger partial charge in [0.25, 0.3) is 5.91 Å². The van der Waals surface area contributed by atoms with Crippen LogP contribution in [0, 0.1) is 13.8 Å². The first-order valence-corrected chi connectivity index (χ1v) is 11.9. The number of carbonyl (C=O) groups is 2. The van der Waals surface area contributed by atoms with Gasteiger partial charge >= 0.3 is 6.03 Å². The summed E-state index contributed by atoms with van der Waals surface area (Å²) in [6.45, 7) is 9.16. The molecule has 2 aromatic carbocycles. The zero-order valence-electron chi connectivity index (χ0n) is 20.1. The highest BCUT2D eigenvalue weighted by molar-refractivity contribution is 6.03. The Hall–Kier alpha value is -3.39. The Morgan fingerprint density at radius 3 is 2.00 bits per heavy atom. The summed E-state index contributed by atoms with van der Waals surface area (Å²) in [6, 6.07) is 16.1. The third kappa shape index (κ3) is 4.37. The Labute approximate surface area is 200 Å². The first-order valence-electron chi connectivity index (χ1n) is 11.9. The van der Waals surface area contributed by atoms with Gasteiger partial charge in [-0.2, -0.15) is 0 Å². The smallest absolute Gasteiger partial charge is 0.325 e. The number of piperazine rings is 1. The summed E-state index contributed by atoms with van der Waals surface area (Å²) >= 11 is 0. The lowest BCUT2D eigenvalue weighted by molar-refractivity contribution is -0.127. The average molecular weight is 461 g/mol. The fraction of sp³-hybridized carbons (Fsp3) is 0.423. The third-order valence-electron chi connectivity index (χ3n) is 6.99. The van der Waals surface area contributed by atoms with E-state index in [1.165, 1.54) is 21.6 Å². The fourth-order valence-electron chi connectivity index (χ4n) is 4.89. The summed E-state index contributed by atoms with van der Waals surface area (Å²) in [4.78, 5) is 38.4. The largest absolute Gasteiger partial charge is 0.340 e. The number of imide groups is 1. The quantitative estimate of drug-likeness (QED) is 0.757. The Morgan fingerprint density at radius 2 is 1.41 bits per heavy atom. The summed E-state index contributed by atoms with van der Waals surface area (Å²) in [5, 5.41) is 2.49. The van der Waals surface area contributed by atoms with Gasteiger partial charge in [0.15, 0.2) is 18.2 Å². The van der Waals surface area contributed by atoms with E-state index in [9.17, 15) is 9.59 Å². The van der Waals surface area contributed by atoms with E-state index in [1.807, 2.05) is 0 Å². The van der Waals surface area contributed by atoms with Gasteiger partial charge in [-0.1, -0.05) is 59.7 Å². The lowest BCUT2D eigenvalue weighted by Crippen LogP contribution is -2.64. The van der Waals surface area contributed by atoms with Gasteiger partial charge in [-0.05, 0) is 25.0 Å². The lowest BCUT2D eigenvalue weighted by atomic mass is 10.1. The number of hydrogen-bond acceptors (Lipinski definition) is 6. The zero-order chi connectivity index (χ0) is 23.8. The molecule has 0 radical (unpaired) electrons. The van der Waals surface area contributed by atoms with Gasteiger partial charge in [0.05, 0.1) is 0 Å². The normalized spacial score (nSPS) is 23.1. The van der Waals surface area contributed by atoms with Gasteiger partial charge < -0.3 is 14.7 Å². The molecular formula is C26H32N6O2. The molecule has 8 nitrogen and oxygen atoms in total. The number of amides is 3. The molecule has 0 bridgehead atoms. The minimum atomic E-state index is -0.524. The van der Waals surface area contributed by atoms with E-state index in [-0.39, 0.29) is 5.91 Å². The number of rotatable bonds is 4. The molecule has 2 atom stereocenters. The van der Waals surface area contributed by atoms with Crippen LogP contribution in [0.2, 0.25) is 0 Å². The van der Waals surface area contributed by atoms with Gasteiger partial charge in [-0.3, -0.25) is 15.0 Å². The van der Waals surface area contributed by atoms with E-state index >= 15 is 0 Å². The molecule has 0 aliphatic carbocycles. The van der Waals surface area contributed by atoms with Crippen LogP contribution in [0.15, 0.2) is 53.5 Å². The number of benzene rings is 2. The molecular weight excluding hydrogens is 428 g/mol. The third-order valence-corrected chi connectivity index (χ3v) is 6.99. The summed E-state index contributed by atoms with van der Waals surface area (Å²) in [6.07, 6.45) is -0.507. The van der Waals surface area contributed by atoms with Crippen molar-refractivity contribution in [1.29, 1.82) is 0 Å². The minimum Gasteiger partial charge on any atom is -0.340 e. The highest BCUT2D eigenvalue weighted by Crippen LogP contribution is 2.28. The Bertz CT molecular complexity index is 1090. The second-order valence-electron chi connectivity index (χ2n) is 9.56. The maximum absolute atomic E-state index is 12.9. The molecule has 3 amide bonds. The molecule has 3 heterocycles. The number of aliphatic imine (C=N–C) groups is 1. The van der Waals surface area contributed by atoms with Crippen molar-refractivity contribution in [3.05, 3.63) is 70.8 Å². The lowest BCUT2D eigenvalue weighted by Gasteiger charge is -2.40. The maximum Gasteiger partial charge on any atom is 0.325 e. The SMILES string of the molecule is Cc1ccc(CN2CCN(C3=NC4C(C(=O)NC(=O)N4C)N3Cc3ccc(C)cc3)CC2)cc1. The number of likely N-dealkylation sites (N-methyl/N-ethyl adjacent to an activating group) is 1. The Morgan fingerprint density at radius 1 is 0.853 bits per heavy atom. The van der Waals surface area contributed by atoms with Gasteiger partial charge in [0, 0.05) is 46.3 Å². The van der Waals surface area contributed by atoms with E-state index < -0.39 is 18.2 Å². The van der Waals surface area contributed by atoms with Crippen LogP contribution in [-0.4, -0.2) is 82.9 Å². The highest BCUT2D eigenvalue weighted by Gasteiger charge is 2.49. The van der Waals surface area contributed by atoms with Gasteiger partial charge in [-0.25, -0.2) is 9.79 Å². The maximum atomic E-state index is 12.9. The molecule has 5 rings (SSSR count). The molecule has 178 valence electrons. The topological polar surface area (TPSA) is 71.5 Å². The Kier molecular flexibility index (Phi) is 6.00. The van der Waals surface area contributed by atoms with Crippen LogP contribution in [0.1, 0.15) is 22.3 Å². The predicted octanol–water partition coefficient (Wildman–Crippen LogP) is 2.17. The minimum absolute atomic E-state index is 0.281. The molecule has 2 saturated heterocycles. The van der Waals surface area contributed by atoms with Crippen molar-refractivity contribution in [2.75, 3.05) is 33.2 Å². The molecule has 2 unspecified atom stereocenters. The van der Waals surface area contributed by atoms with Crippen molar-refractivity contribution in [3.63, 3.8) is 0 Å². The predicted molar refractivity (Wildman–Crippen MR) is 131 cm³/mol. The van der Waals surface area contributed by atoms with Gasteiger partial charge in [0.2, 0.25) is 0 Å². The highest BCUT2D eigenvalue weighted by atomic mass is 16.2. The van der Waals surface area contributed by atoms with Crippen molar-refractivity contribution in [1.82, 2.24) is 24.9 Å². The molecule has 2 fully saturated rings. The van der Waals surface area contributed by atoms with Crippen molar-refractivity contribution in [3.8, 4) is 0 Å². The first-order chi connectivity index (χ1) is 16.4. The fourth-order valence-corrected chi connectivity index (χ4v) is 4.89. The van der Waals surface area contributed by atoms with E-state index in [2.05, 4.69) is 82.4 Å². The molecule has 0 spiro atoms. The van der Waals surface area contributed by atoms with Crippen LogP contribution < -0.4 is 5.32 Å². The molecule has 2 aromatic rings. The number of nitrogens with zero attached hydrogens (tertiary/aromatic N) is 5. The summed E-state index contributed by atoms with van der Waals surface area (Å²) < 4.78 is 0. The number of carbonyl (C=O) groups excluding carboxylic acids is 2. The molecule has 0 saturated carbocycles. The Balaban J connectivity index is 1.33. The molecule has 3 aliphatic rings. The van der Waals surface area contributed by atoms with Gasteiger partial charge in [0.1, 0.15) is 0 Å². The second-order valence-corrected chi connectivity index (χ2v) is 9.56. The number of hydrogen-bond donors (Lipinski definition) is 1. The number of guanidine groups is 1. The summed E-state index contributed by atoms with van der Waals surface area (Å²) in [5.74, 6) is 0.527. The molecule has 3 aliphatic heterocycles. The summed E-state index contributed by atoms with van der Waals surface area (Å²) in [7, 11) is 1.70. The van der Waals surface area contributed by atoms with Gasteiger partial charge in [-0.15, -0.1) is 0 Å². The molecule has 0 aromatic heterocycles. The average Bonchev–Trinajstić information content (AvgIpc) is 3.21. The molecule has 1 N–H and O–H groups in total. The van der Waals surface area contributed by atoms with E-state index in [1.54, 1.807) is 7.05 Å². The van der Waals surface area contributed by atoms with E-state index in [0.717, 1.165) is 44.2 Å². The second kappa shape index (κ2) is 9.10. The van der Waals surface area contributed by atoms with Crippen molar-refractivity contribution >= 4 is 17.9 Å². The number of aryl methyl sites for hydroxylation is 2. The summed E-state index contributed by atoms with van der Waals surface area (Å²) in [5.41, 5.74) is 4.91. The van der Waals surface area contributed by atoms with Crippen LogP contribution in [0.25, 0.3) is 0 Å². The zero-order valence-corrected chi connectivity index (χ0v) is 20.1. The van der Waals surface area contributed by atoms with Crippen LogP contribution in [0.4, 0.5) is 4.79 Å². The molecule has 8 heteroatoms. The van der Waals surface area contributed by atoms with Crippen LogP contribution >= 0.6 is 0 Å². The number of urea groups is 1. The molecule has 34 heavy (non-hydrogen) atoms. The van der Waals surface area contributed by atoms with Crippen LogP contribution in [0.3, 0.4) is 0 Å². The van der Waals surface area contributed by atoms with Crippen molar-refractivity contribution < 1.29 is 9.59 Å². The number of nitrogens with one attached hydrogen (secondary N) is 1. The van der Waals surface area contributed by atoms with Crippen LogP contribution in [0.5, 0.6) is 0 Å². The van der Waals surface area contributed by atoms with Crippen molar-refractivity contribution in [2.24, 2.45) is 4.99 Å². The van der Waals surface area contributed by atoms with Crippen molar-refractivity contribution in [2.45, 2.75) is 39.1 Å². The standard InChI is InChI=1S/C26H32N6O2/c1-18-4-8-20(9-5-18)16-30-12-14-31(15-13-30)25-27-23-22(24(33)28-26(34)29(23)3)32(25)17-21-10-6-19(2)7-11-21/h4-11,22-23H,12-17H2,1-3H3,(H,28,33,34). The van der Waals surface area contributed by atoms with Crippen LogP contribution in [-0.2, 0) is 17.9 Å². The van der Waals surface area contributed by atoms with E-state index in [4.69, 9.17) is 4.99 Å². The van der Waals surface area contributed by atoms with E-state index in [0.29, 0.717) is 6.54 Å². The first kappa shape index (κ1) is 22.4. The monoisotopic (exact) mass is 460 g/mol.